The lowest BCUT2D eigenvalue weighted by atomic mass is 9.97. The summed E-state index contributed by atoms with van der Waals surface area (Å²) in [6.07, 6.45) is 1.34. The second-order valence-corrected chi connectivity index (χ2v) is 1.94. The van der Waals surface area contributed by atoms with Gasteiger partial charge in [-0.1, -0.05) is 0 Å². The van der Waals surface area contributed by atoms with Crippen molar-refractivity contribution < 1.29 is 0 Å². The largest absolute Gasteiger partial charge is 0.398 e. The molecule has 0 fully saturated rings. The summed E-state index contributed by atoms with van der Waals surface area (Å²) in [6, 6.07) is 0. The van der Waals surface area contributed by atoms with Crippen molar-refractivity contribution in [2.45, 2.75) is 0 Å². The molecule has 1 aromatic heterocycles. The van der Waals surface area contributed by atoms with E-state index >= 15 is 0 Å². The normalized spacial score (nSPS) is 9.70. The number of nitrogens with two attached hydrogens (primary N) is 1. The Morgan fingerprint density at radius 2 is 2.40 bits per heavy atom. The van der Waals surface area contributed by atoms with Gasteiger partial charge < -0.3 is 5.73 Å². The van der Waals surface area contributed by atoms with Crippen molar-refractivity contribution in [3.8, 4) is 0 Å². The smallest absolute Gasteiger partial charge is 0.261 e. The van der Waals surface area contributed by atoms with E-state index < -0.39 is 0 Å². The van der Waals surface area contributed by atoms with E-state index in [1.54, 1.807) is 0 Å². The van der Waals surface area contributed by atoms with Crippen LogP contribution >= 0.6 is 0 Å². The molecule has 0 aliphatic rings. The van der Waals surface area contributed by atoms with Crippen molar-refractivity contribution in [2.75, 3.05) is 5.73 Å². The third-order valence-electron chi connectivity index (χ3n) is 1.21. The van der Waals surface area contributed by atoms with Crippen LogP contribution in [0.2, 0.25) is 0 Å². The van der Waals surface area contributed by atoms with Gasteiger partial charge in [0.15, 0.2) is 0 Å². The Bertz CT molecular complexity index is 306. The summed E-state index contributed by atoms with van der Waals surface area (Å²) < 4.78 is 1.13. The Morgan fingerprint density at radius 3 is 2.90 bits per heavy atom. The fourth-order valence-electron chi connectivity index (χ4n) is 0.569. The zero-order chi connectivity index (χ0) is 7.72. The van der Waals surface area contributed by atoms with Crippen molar-refractivity contribution in [2.24, 2.45) is 7.05 Å². The maximum Gasteiger partial charge on any atom is 0.261 e. The van der Waals surface area contributed by atoms with E-state index in [4.69, 9.17) is 13.6 Å². The predicted molar refractivity (Wildman–Crippen MR) is 39.3 cm³/mol. The van der Waals surface area contributed by atoms with Gasteiger partial charge in [-0.2, -0.15) is 5.10 Å². The van der Waals surface area contributed by atoms with Gasteiger partial charge in [0.1, 0.15) is 7.85 Å². The zero-order valence-corrected chi connectivity index (χ0v) is 5.53. The number of nitrogens with zero attached hydrogens (tertiary/aromatic N) is 2. The summed E-state index contributed by atoms with van der Waals surface area (Å²) in [7, 11) is 6.80. The minimum Gasteiger partial charge on any atom is -0.398 e. The number of aromatic nitrogens is 2. The highest BCUT2D eigenvalue weighted by Crippen LogP contribution is 1.83. The number of anilines is 1. The monoisotopic (exact) mass is 135 g/mol. The van der Waals surface area contributed by atoms with E-state index in [2.05, 4.69) is 5.10 Å². The second-order valence-electron chi connectivity index (χ2n) is 1.94. The third-order valence-corrected chi connectivity index (χ3v) is 1.21. The Kier molecular flexibility index (Phi) is 1.49. The molecule has 1 aromatic rings. The lowest BCUT2D eigenvalue weighted by molar-refractivity contribution is 0.714. The van der Waals surface area contributed by atoms with Gasteiger partial charge in [0.2, 0.25) is 0 Å². The molecule has 0 unspecified atom stereocenters. The van der Waals surface area contributed by atoms with Crippen LogP contribution in [0.3, 0.4) is 0 Å². The van der Waals surface area contributed by atoms with Crippen LogP contribution in [0.5, 0.6) is 0 Å². The highest BCUT2D eigenvalue weighted by molar-refractivity contribution is 6.35. The summed E-state index contributed by atoms with van der Waals surface area (Å²) in [6.45, 7) is 0. The second kappa shape index (κ2) is 2.17. The van der Waals surface area contributed by atoms with Crippen LogP contribution in [0.15, 0.2) is 11.0 Å². The fraction of sp³-hybridized carbons (Fsp3) is 0.200. The van der Waals surface area contributed by atoms with Crippen LogP contribution in [-0.2, 0) is 7.05 Å². The first-order chi connectivity index (χ1) is 4.63. The first-order valence-electron chi connectivity index (χ1n) is 2.70. The Balaban J connectivity index is 3.50. The molecule has 0 atom stereocenters. The van der Waals surface area contributed by atoms with E-state index in [1.807, 2.05) is 0 Å². The summed E-state index contributed by atoms with van der Waals surface area (Å²) >= 11 is 0. The molecule has 2 N–H and O–H groups in total. The van der Waals surface area contributed by atoms with Crippen molar-refractivity contribution >= 4 is 19.0 Å². The molecule has 1 heterocycles. The SMILES string of the molecule is [B]c1c(N)cnn(C)c1=O. The average Bonchev–Trinajstić information content (AvgIpc) is 1.93. The van der Waals surface area contributed by atoms with Gasteiger partial charge in [-0.15, -0.1) is 0 Å². The van der Waals surface area contributed by atoms with Gasteiger partial charge in [-0.3, -0.25) is 4.79 Å². The average molecular weight is 135 g/mol. The molecule has 2 radical (unpaired) electrons. The quantitative estimate of drug-likeness (QED) is 0.425. The zero-order valence-electron chi connectivity index (χ0n) is 5.53. The predicted octanol–water partition coefficient (Wildman–Crippen LogP) is -1.84. The molecule has 0 spiro atoms. The van der Waals surface area contributed by atoms with Gasteiger partial charge in [0.25, 0.3) is 5.56 Å². The molecule has 1 rings (SSSR count). The van der Waals surface area contributed by atoms with E-state index in [0.717, 1.165) is 4.68 Å². The van der Waals surface area contributed by atoms with Crippen molar-refractivity contribution in [1.82, 2.24) is 9.78 Å². The molecule has 0 saturated heterocycles. The molecule has 0 amide bonds. The number of aryl methyl sites for hydroxylation is 1. The van der Waals surface area contributed by atoms with Gasteiger partial charge in [0.05, 0.1) is 11.9 Å². The molecular weight excluding hydrogens is 129 g/mol. The van der Waals surface area contributed by atoms with Crippen molar-refractivity contribution in [3.63, 3.8) is 0 Å². The fourth-order valence-corrected chi connectivity index (χ4v) is 0.569. The first-order valence-corrected chi connectivity index (χ1v) is 2.70. The maximum atomic E-state index is 10.9. The number of hydrogen-bond acceptors (Lipinski definition) is 3. The molecule has 0 aliphatic heterocycles. The highest BCUT2D eigenvalue weighted by atomic mass is 16.1. The molecular formula is C5H6BN3O. The first kappa shape index (κ1) is 6.86. The van der Waals surface area contributed by atoms with Gasteiger partial charge in [0, 0.05) is 7.05 Å². The van der Waals surface area contributed by atoms with Crippen molar-refractivity contribution in [3.05, 3.63) is 16.6 Å². The minimum absolute atomic E-state index is 0.0532. The van der Waals surface area contributed by atoms with Crippen LogP contribution in [0.1, 0.15) is 0 Å². The Hall–Kier alpha value is -1.26. The molecule has 10 heavy (non-hydrogen) atoms. The molecule has 0 saturated carbocycles. The topological polar surface area (TPSA) is 60.9 Å². The molecule has 0 aliphatic carbocycles. The van der Waals surface area contributed by atoms with Crippen LogP contribution in [-0.4, -0.2) is 17.6 Å². The van der Waals surface area contributed by atoms with Crippen molar-refractivity contribution in [1.29, 1.82) is 0 Å². The molecule has 50 valence electrons. The summed E-state index contributed by atoms with van der Waals surface area (Å²) in [5.41, 5.74) is 5.21. The highest BCUT2D eigenvalue weighted by Gasteiger charge is 1.98. The number of rotatable bonds is 0. The standard InChI is InChI=1S/C5H6BN3O/c1-9-5(10)4(6)3(7)2-8-9/h2H,7H2,1H3. The van der Waals surface area contributed by atoms with E-state index in [9.17, 15) is 4.79 Å². The minimum atomic E-state index is -0.361. The Labute approximate surface area is 59.1 Å². The third kappa shape index (κ3) is 0.898. The molecule has 4 nitrogen and oxygen atoms in total. The van der Waals surface area contributed by atoms with Crippen LogP contribution in [0.4, 0.5) is 5.69 Å². The lowest BCUT2D eigenvalue weighted by Gasteiger charge is -1.99. The summed E-state index contributed by atoms with van der Waals surface area (Å²) in [5.74, 6) is 0. The summed E-state index contributed by atoms with van der Waals surface area (Å²) in [4.78, 5) is 10.9. The maximum absolute atomic E-state index is 10.9. The van der Waals surface area contributed by atoms with Crippen LogP contribution in [0.25, 0.3) is 0 Å². The van der Waals surface area contributed by atoms with E-state index in [-0.39, 0.29) is 16.7 Å². The Morgan fingerprint density at radius 1 is 1.80 bits per heavy atom. The van der Waals surface area contributed by atoms with Crippen LogP contribution in [0, 0.1) is 0 Å². The summed E-state index contributed by atoms with van der Waals surface area (Å²) in [5, 5.41) is 3.64. The molecule has 0 bridgehead atoms. The van der Waals surface area contributed by atoms with E-state index in [1.165, 1.54) is 13.2 Å². The molecule has 5 heteroatoms. The van der Waals surface area contributed by atoms with Gasteiger partial charge >= 0.3 is 0 Å². The molecule has 0 aromatic carbocycles. The number of nitrogen functional groups attached to an aromatic ring is 1. The van der Waals surface area contributed by atoms with Gasteiger partial charge in [-0.05, 0) is 5.46 Å². The van der Waals surface area contributed by atoms with Gasteiger partial charge in [-0.25, -0.2) is 4.68 Å². The lowest BCUT2D eigenvalue weighted by Crippen LogP contribution is -2.36. The van der Waals surface area contributed by atoms with E-state index in [0.29, 0.717) is 0 Å². The number of hydrogen-bond donors (Lipinski definition) is 1. The van der Waals surface area contributed by atoms with Crippen LogP contribution < -0.4 is 16.8 Å².